The summed E-state index contributed by atoms with van der Waals surface area (Å²) in [6.45, 7) is 4.94. The lowest BCUT2D eigenvalue weighted by atomic mass is 10.1. The van der Waals surface area contributed by atoms with E-state index in [-0.39, 0.29) is 0 Å². The van der Waals surface area contributed by atoms with E-state index in [0.29, 0.717) is 18.6 Å². The molecule has 0 fully saturated rings. The van der Waals surface area contributed by atoms with E-state index in [0.717, 1.165) is 41.7 Å². The van der Waals surface area contributed by atoms with E-state index >= 15 is 0 Å². The summed E-state index contributed by atoms with van der Waals surface area (Å²) in [5.41, 5.74) is 2.06. The zero-order valence-corrected chi connectivity index (χ0v) is 15.0. The third kappa shape index (κ3) is 4.27. The van der Waals surface area contributed by atoms with Crippen LogP contribution in [0.1, 0.15) is 43.0 Å². The average molecular weight is 369 g/mol. The average Bonchev–Trinajstić information content (AvgIpc) is 3.08. The normalized spacial score (nSPS) is 11.0. The largest absolute Gasteiger partial charge is 0.299 e. The molecule has 5 heteroatoms. The molecule has 114 valence electrons. The van der Waals surface area contributed by atoms with Crippen LogP contribution in [0.25, 0.3) is 0 Å². The number of thiophene rings is 1. The van der Waals surface area contributed by atoms with Gasteiger partial charge in [-0.25, -0.2) is 0 Å². The molecule has 0 radical (unpaired) electrons. The molecule has 0 N–H and O–H groups in total. The van der Waals surface area contributed by atoms with Crippen LogP contribution in [0.2, 0.25) is 0 Å². The Morgan fingerprint density at radius 2 is 2.24 bits per heavy atom. The number of nitrogens with zero attached hydrogens (tertiary/aromatic N) is 2. The van der Waals surface area contributed by atoms with Crippen molar-refractivity contribution in [3.05, 3.63) is 38.3 Å². The molecule has 2 aromatic rings. The van der Waals surface area contributed by atoms with Gasteiger partial charge in [0.05, 0.1) is 15.9 Å². The highest BCUT2D eigenvalue weighted by Gasteiger charge is 2.16. The zero-order valence-electron chi connectivity index (χ0n) is 12.6. The fraction of sp³-hybridized carbons (Fsp3) is 0.500. The Morgan fingerprint density at radius 1 is 1.43 bits per heavy atom. The highest BCUT2D eigenvalue weighted by Crippen LogP contribution is 2.23. The van der Waals surface area contributed by atoms with Gasteiger partial charge in [-0.1, -0.05) is 13.0 Å². The molecule has 0 aliphatic carbocycles. The molecule has 0 aromatic carbocycles. The van der Waals surface area contributed by atoms with Gasteiger partial charge in [0.2, 0.25) is 0 Å². The van der Waals surface area contributed by atoms with Crippen LogP contribution in [0.4, 0.5) is 0 Å². The highest BCUT2D eigenvalue weighted by atomic mass is 79.9. The minimum absolute atomic E-state index is 0.296. The number of carbonyl (C=O) groups excluding carboxylic acids is 1. The van der Waals surface area contributed by atoms with Crippen LogP contribution in [-0.2, 0) is 30.6 Å². The van der Waals surface area contributed by atoms with Crippen LogP contribution in [0.3, 0.4) is 0 Å². The maximum Gasteiger partial charge on any atom is 0.138 e. The van der Waals surface area contributed by atoms with Crippen LogP contribution in [-0.4, -0.2) is 15.6 Å². The summed E-state index contributed by atoms with van der Waals surface area (Å²) >= 11 is 5.36. The van der Waals surface area contributed by atoms with Crippen LogP contribution in [0.15, 0.2) is 22.0 Å². The predicted octanol–water partition coefficient (Wildman–Crippen LogP) is 4.42. The Morgan fingerprint density at radius 3 is 2.86 bits per heavy atom. The van der Waals surface area contributed by atoms with Crippen molar-refractivity contribution in [3.8, 4) is 0 Å². The number of ketones is 1. The molecular weight excluding hydrogens is 348 g/mol. The van der Waals surface area contributed by atoms with Gasteiger partial charge >= 0.3 is 0 Å². The van der Waals surface area contributed by atoms with Crippen LogP contribution >= 0.6 is 27.3 Å². The Bertz CT molecular complexity index is 590. The van der Waals surface area contributed by atoms with E-state index in [2.05, 4.69) is 52.4 Å². The molecular formula is C16H21BrN2OS. The zero-order chi connectivity index (χ0) is 15.2. The Balaban J connectivity index is 1.91. The topological polar surface area (TPSA) is 34.9 Å². The van der Waals surface area contributed by atoms with Crippen molar-refractivity contribution < 1.29 is 4.79 Å². The van der Waals surface area contributed by atoms with Gasteiger partial charge in [0, 0.05) is 24.3 Å². The van der Waals surface area contributed by atoms with Gasteiger partial charge in [-0.05, 0) is 53.6 Å². The minimum atomic E-state index is 0.296. The number of carbonyl (C=O) groups is 1. The van der Waals surface area contributed by atoms with E-state index < -0.39 is 0 Å². The molecule has 0 bridgehead atoms. The molecule has 2 heterocycles. The lowest BCUT2D eigenvalue weighted by molar-refractivity contribution is -0.118. The summed E-state index contributed by atoms with van der Waals surface area (Å²) < 4.78 is 2.96. The van der Waals surface area contributed by atoms with E-state index in [9.17, 15) is 4.79 Å². The van der Waals surface area contributed by atoms with Gasteiger partial charge in [0.25, 0.3) is 0 Å². The first-order valence-corrected chi connectivity index (χ1v) is 9.11. The van der Waals surface area contributed by atoms with E-state index in [1.54, 1.807) is 11.3 Å². The van der Waals surface area contributed by atoms with Crippen LogP contribution < -0.4 is 0 Å². The van der Waals surface area contributed by atoms with Gasteiger partial charge in [-0.15, -0.1) is 11.3 Å². The summed E-state index contributed by atoms with van der Waals surface area (Å²) in [7, 11) is 0. The second-order valence-corrected chi connectivity index (χ2v) is 6.85. The smallest absolute Gasteiger partial charge is 0.138 e. The minimum Gasteiger partial charge on any atom is -0.299 e. The van der Waals surface area contributed by atoms with Crippen LogP contribution in [0.5, 0.6) is 0 Å². The number of halogens is 1. The molecule has 2 rings (SSSR count). The first kappa shape index (κ1) is 16.4. The molecule has 0 unspecified atom stereocenters. The summed E-state index contributed by atoms with van der Waals surface area (Å²) in [5.74, 6) is 0.296. The van der Waals surface area contributed by atoms with E-state index in [1.165, 1.54) is 4.88 Å². The van der Waals surface area contributed by atoms with Gasteiger partial charge in [-0.2, -0.15) is 5.10 Å². The first-order valence-electron chi connectivity index (χ1n) is 7.43. The summed E-state index contributed by atoms with van der Waals surface area (Å²) in [5, 5.41) is 6.62. The van der Waals surface area contributed by atoms with Gasteiger partial charge in [0.1, 0.15) is 5.78 Å². The number of aromatic nitrogens is 2. The van der Waals surface area contributed by atoms with Gasteiger partial charge in [-0.3, -0.25) is 9.48 Å². The highest BCUT2D eigenvalue weighted by molar-refractivity contribution is 9.10. The van der Waals surface area contributed by atoms with Crippen molar-refractivity contribution in [1.29, 1.82) is 0 Å². The number of hydrogen-bond acceptors (Lipinski definition) is 3. The number of rotatable bonds is 8. The Hall–Kier alpha value is -0.940. The quantitative estimate of drug-likeness (QED) is 0.690. The molecule has 21 heavy (non-hydrogen) atoms. The molecule has 0 atom stereocenters. The summed E-state index contributed by atoms with van der Waals surface area (Å²) in [6.07, 6.45) is 3.93. The monoisotopic (exact) mass is 368 g/mol. The van der Waals surface area contributed by atoms with E-state index in [4.69, 9.17) is 0 Å². The SMILES string of the molecule is CCc1nn(CC)c(CC(=O)CCCc2cccs2)c1Br. The van der Waals surface area contributed by atoms with Gasteiger partial charge < -0.3 is 0 Å². The van der Waals surface area contributed by atoms with Crippen molar-refractivity contribution in [2.45, 2.75) is 52.5 Å². The van der Waals surface area contributed by atoms with Crippen molar-refractivity contribution in [2.24, 2.45) is 0 Å². The molecule has 0 saturated carbocycles. The van der Waals surface area contributed by atoms with E-state index in [1.807, 2.05) is 4.68 Å². The van der Waals surface area contributed by atoms with Gasteiger partial charge in [0.15, 0.2) is 0 Å². The van der Waals surface area contributed by atoms with Crippen molar-refractivity contribution in [3.63, 3.8) is 0 Å². The maximum absolute atomic E-state index is 12.2. The number of aryl methyl sites for hydroxylation is 3. The fourth-order valence-electron chi connectivity index (χ4n) is 2.38. The summed E-state index contributed by atoms with van der Waals surface area (Å²) in [4.78, 5) is 13.6. The fourth-order valence-corrected chi connectivity index (χ4v) is 3.83. The first-order chi connectivity index (χ1) is 10.2. The molecule has 0 saturated heterocycles. The predicted molar refractivity (Wildman–Crippen MR) is 90.9 cm³/mol. The molecule has 0 aliphatic rings. The molecule has 0 amide bonds. The lowest BCUT2D eigenvalue weighted by Gasteiger charge is -2.05. The van der Waals surface area contributed by atoms with Crippen molar-refractivity contribution in [1.82, 2.24) is 9.78 Å². The third-order valence-electron chi connectivity index (χ3n) is 3.52. The number of Topliss-reactive ketones (excluding diaryl/α,β-unsaturated/α-hetero) is 1. The third-order valence-corrected chi connectivity index (χ3v) is 5.37. The molecule has 0 aliphatic heterocycles. The second kappa shape index (κ2) is 7.90. The van der Waals surface area contributed by atoms with Crippen LogP contribution in [0, 0.1) is 0 Å². The maximum atomic E-state index is 12.2. The van der Waals surface area contributed by atoms with Crippen molar-refractivity contribution in [2.75, 3.05) is 0 Å². The molecule has 0 spiro atoms. The standard InChI is InChI=1S/C16H21BrN2OS/c1-3-14-16(17)15(19(4-2)18-14)11-12(20)7-5-8-13-9-6-10-21-13/h6,9-10H,3-5,7-8,11H2,1-2H3. The summed E-state index contributed by atoms with van der Waals surface area (Å²) in [6, 6.07) is 4.19. The Kier molecular flexibility index (Phi) is 6.18. The molecule has 2 aromatic heterocycles. The Labute approximate surface area is 138 Å². The number of hydrogen-bond donors (Lipinski definition) is 0. The lowest BCUT2D eigenvalue weighted by Crippen LogP contribution is -2.10. The molecule has 3 nitrogen and oxygen atoms in total. The van der Waals surface area contributed by atoms with Crippen molar-refractivity contribution >= 4 is 33.0 Å². The second-order valence-electron chi connectivity index (χ2n) is 5.03.